The van der Waals surface area contributed by atoms with Crippen molar-refractivity contribution in [1.29, 1.82) is 0 Å². The molecule has 3 aromatic carbocycles. The molecule has 1 N–H and O–H groups in total. The fourth-order valence-corrected chi connectivity index (χ4v) is 4.74. The summed E-state index contributed by atoms with van der Waals surface area (Å²) in [5.41, 5.74) is 6.31. The van der Waals surface area contributed by atoms with Crippen LogP contribution in [0.4, 0.5) is 0 Å². The fourth-order valence-electron chi connectivity index (χ4n) is 4.55. The van der Waals surface area contributed by atoms with E-state index in [1.54, 1.807) is 7.11 Å². The molecule has 0 radical (unpaired) electrons. The second kappa shape index (κ2) is 8.99. The van der Waals surface area contributed by atoms with E-state index in [0.29, 0.717) is 23.2 Å². The molecule has 1 atom stereocenters. The zero-order chi connectivity index (χ0) is 23.8. The van der Waals surface area contributed by atoms with E-state index in [2.05, 4.69) is 48.3 Å². The van der Waals surface area contributed by atoms with Gasteiger partial charge in [0.25, 0.3) is 5.91 Å². The summed E-state index contributed by atoms with van der Waals surface area (Å²) in [4.78, 5) is 15.5. The van der Waals surface area contributed by atoms with Gasteiger partial charge in [-0.1, -0.05) is 67.9 Å². The van der Waals surface area contributed by atoms with Gasteiger partial charge in [-0.05, 0) is 52.9 Å². The second-order valence-corrected chi connectivity index (χ2v) is 9.24. The molecule has 0 fully saturated rings. The first kappa shape index (κ1) is 22.2. The molecule has 5 rings (SSSR count). The molecule has 6 heteroatoms. The van der Waals surface area contributed by atoms with Crippen LogP contribution in [0.5, 0.6) is 5.75 Å². The number of aromatic nitrogens is 2. The summed E-state index contributed by atoms with van der Waals surface area (Å²) in [6, 6.07) is 23.6. The molecule has 1 aromatic heterocycles. The quantitative estimate of drug-likeness (QED) is 0.344. The molecule has 0 saturated heterocycles. The Labute approximate surface area is 204 Å². The Hall–Kier alpha value is -3.57. The number of amides is 1. The van der Waals surface area contributed by atoms with Gasteiger partial charge in [0.2, 0.25) is 0 Å². The largest absolute Gasteiger partial charge is 0.497 e. The number of nitrogens with zero attached hydrogens (tertiary/aromatic N) is 2. The summed E-state index contributed by atoms with van der Waals surface area (Å²) in [6.45, 7) is 4.75. The predicted octanol–water partition coefficient (Wildman–Crippen LogP) is 6.61. The molecular weight excluding hydrogens is 446 g/mol. The van der Waals surface area contributed by atoms with Crippen LogP contribution in [0.1, 0.15) is 58.5 Å². The van der Waals surface area contributed by atoms with E-state index >= 15 is 0 Å². The molecule has 1 amide bonds. The highest BCUT2D eigenvalue weighted by Gasteiger charge is 2.42. The number of hydrogen-bond donors (Lipinski definition) is 1. The van der Waals surface area contributed by atoms with E-state index in [1.807, 2.05) is 53.4 Å². The van der Waals surface area contributed by atoms with Gasteiger partial charge in [0.1, 0.15) is 11.4 Å². The van der Waals surface area contributed by atoms with Crippen LogP contribution in [-0.2, 0) is 6.54 Å². The van der Waals surface area contributed by atoms with Crippen LogP contribution in [0, 0.1) is 0 Å². The molecule has 0 spiro atoms. The average molecular weight is 472 g/mol. The van der Waals surface area contributed by atoms with Gasteiger partial charge >= 0.3 is 0 Å². The van der Waals surface area contributed by atoms with Crippen molar-refractivity contribution in [2.45, 2.75) is 32.4 Å². The van der Waals surface area contributed by atoms with Crippen molar-refractivity contribution in [2.75, 3.05) is 7.11 Å². The highest BCUT2D eigenvalue weighted by Crippen LogP contribution is 2.44. The molecular formula is C28H26ClN3O2. The Morgan fingerprint density at radius 3 is 2.38 bits per heavy atom. The lowest BCUT2D eigenvalue weighted by Crippen LogP contribution is -2.29. The smallest absolute Gasteiger partial charge is 0.273 e. The highest BCUT2D eigenvalue weighted by atomic mass is 35.5. The van der Waals surface area contributed by atoms with Crippen LogP contribution in [0.2, 0.25) is 5.02 Å². The first-order valence-electron chi connectivity index (χ1n) is 11.3. The van der Waals surface area contributed by atoms with Gasteiger partial charge in [-0.2, -0.15) is 5.10 Å². The van der Waals surface area contributed by atoms with Crippen LogP contribution in [0.15, 0.2) is 72.8 Å². The van der Waals surface area contributed by atoms with E-state index in [1.165, 1.54) is 5.56 Å². The average Bonchev–Trinajstić information content (AvgIpc) is 3.40. The molecule has 5 nitrogen and oxygen atoms in total. The number of aromatic amines is 1. The fraction of sp³-hybridized carbons (Fsp3) is 0.214. The summed E-state index contributed by atoms with van der Waals surface area (Å²) in [5, 5.41) is 8.22. The third-order valence-electron chi connectivity index (χ3n) is 6.44. The first-order chi connectivity index (χ1) is 16.5. The summed E-state index contributed by atoms with van der Waals surface area (Å²) in [7, 11) is 1.64. The lowest BCUT2D eigenvalue weighted by Gasteiger charge is -2.27. The molecule has 34 heavy (non-hydrogen) atoms. The number of benzene rings is 3. The SMILES string of the molecule is COc1ccc(-c2n[nH]c3c2C(c2ccc(C(C)C)cc2)N(Cc2ccccc2Cl)C3=O)cc1. The van der Waals surface area contributed by atoms with Crippen molar-refractivity contribution in [3.8, 4) is 17.0 Å². The molecule has 0 saturated carbocycles. The Morgan fingerprint density at radius 2 is 1.74 bits per heavy atom. The Balaban J connectivity index is 1.63. The number of methoxy groups -OCH3 is 1. The minimum absolute atomic E-state index is 0.0832. The number of fused-ring (bicyclic) bond motifs is 1. The van der Waals surface area contributed by atoms with Crippen LogP contribution in [0.3, 0.4) is 0 Å². The normalized spacial score (nSPS) is 15.1. The van der Waals surface area contributed by atoms with Gasteiger partial charge in [-0.3, -0.25) is 9.89 Å². The van der Waals surface area contributed by atoms with E-state index in [4.69, 9.17) is 16.3 Å². The molecule has 172 valence electrons. The number of H-pyrrole nitrogens is 1. The number of halogens is 1. The van der Waals surface area contributed by atoms with Crippen molar-refractivity contribution < 1.29 is 9.53 Å². The first-order valence-corrected chi connectivity index (χ1v) is 11.7. The molecule has 1 aliphatic heterocycles. The van der Waals surface area contributed by atoms with E-state index in [9.17, 15) is 4.79 Å². The van der Waals surface area contributed by atoms with Gasteiger partial charge in [-0.25, -0.2) is 0 Å². The number of hydrogen-bond acceptors (Lipinski definition) is 3. The maximum atomic E-state index is 13.6. The number of carbonyl (C=O) groups excluding carboxylic acids is 1. The van der Waals surface area contributed by atoms with Gasteiger partial charge in [0.05, 0.1) is 18.8 Å². The van der Waals surface area contributed by atoms with Crippen molar-refractivity contribution >= 4 is 17.5 Å². The monoisotopic (exact) mass is 471 g/mol. The van der Waals surface area contributed by atoms with E-state index < -0.39 is 0 Å². The number of rotatable bonds is 6. The number of nitrogens with one attached hydrogen (secondary N) is 1. The van der Waals surface area contributed by atoms with Gasteiger partial charge in [0.15, 0.2) is 0 Å². The van der Waals surface area contributed by atoms with Crippen molar-refractivity contribution in [3.05, 3.63) is 106 Å². The molecule has 4 aromatic rings. The highest BCUT2D eigenvalue weighted by molar-refractivity contribution is 6.31. The zero-order valence-corrected chi connectivity index (χ0v) is 20.1. The number of ether oxygens (including phenoxy) is 1. The molecule has 0 bridgehead atoms. The minimum Gasteiger partial charge on any atom is -0.497 e. The van der Waals surface area contributed by atoms with E-state index in [0.717, 1.165) is 33.7 Å². The molecule has 1 unspecified atom stereocenters. The molecule has 0 aliphatic carbocycles. The minimum atomic E-state index is -0.282. The maximum Gasteiger partial charge on any atom is 0.273 e. The predicted molar refractivity (Wildman–Crippen MR) is 134 cm³/mol. The van der Waals surface area contributed by atoms with Crippen LogP contribution in [0.25, 0.3) is 11.3 Å². The summed E-state index contributed by atoms with van der Waals surface area (Å²) in [5.74, 6) is 1.12. The molecule has 1 aliphatic rings. The van der Waals surface area contributed by atoms with Gasteiger partial charge in [0, 0.05) is 22.7 Å². The summed E-state index contributed by atoms with van der Waals surface area (Å²) < 4.78 is 5.31. The van der Waals surface area contributed by atoms with Crippen molar-refractivity contribution in [1.82, 2.24) is 15.1 Å². The zero-order valence-electron chi connectivity index (χ0n) is 19.4. The van der Waals surface area contributed by atoms with E-state index in [-0.39, 0.29) is 11.9 Å². The Kier molecular flexibility index (Phi) is 5.88. The second-order valence-electron chi connectivity index (χ2n) is 8.84. The van der Waals surface area contributed by atoms with Gasteiger partial charge in [-0.15, -0.1) is 0 Å². The Morgan fingerprint density at radius 1 is 1.03 bits per heavy atom. The topological polar surface area (TPSA) is 58.2 Å². The lowest BCUT2D eigenvalue weighted by molar-refractivity contribution is 0.0730. The summed E-state index contributed by atoms with van der Waals surface area (Å²) in [6.07, 6.45) is 0. The van der Waals surface area contributed by atoms with Crippen LogP contribution < -0.4 is 4.74 Å². The third kappa shape index (κ3) is 3.86. The van der Waals surface area contributed by atoms with Gasteiger partial charge < -0.3 is 9.64 Å². The van der Waals surface area contributed by atoms with Crippen molar-refractivity contribution in [2.24, 2.45) is 0 Å². The Bertz CT molecular complexity index is 1330. The molecule has 2 heterocycles. The third-order valence-corrected chi connectivity index (χ3v) is 6.81. The lowest BCUT2D eigenvalue weighted by atomic mass is 9.93. The van der Waals surface area contributed by atoms with Crippen LogP contribution in [-0.4, -0.2) is 28.1 Å². The van der Waals surface area contributed by atoms with Crippen molar-refractivity contribution in [3.63, 3.8) is 0 Å². The summed E-state index contributed by atoms with van der Waals surface area (Å²) >= 11 is 6.47. The maximum absolute atomic E-state index is 13.6. The number of carbonyl (C=O) groups is 1. The van der Waals surface area contributed by atoms with Crippen LogP contribution >= 0.6 is 11.6 Å². The standard InChI is InChI=1S/C28H26ClN3O2/c1-17(2)18-8-10-20(11-9-18)27-24-25(19-12-14-22(34-3)15-13-19)30-31-26(24)28(33)32(27)16-21-6-4-5-7-23(21)29/h4-15,17,27H,16H2,1-3H3,(H,30,31).